The third-order valence-electron chi connectivity index (χ3n) is 4.24. The lowest BCUT2D eigenvalue weighted by Crippen LogP contribution is -2.20. The third-order valence-corrected chi connectivity index (χ3v) is 4.48. The Morgan fingerprint density at radius 2 is 2.05 bits per heavy atom. The van der Waals surface area contributed by atoms with Crippen LogP contribution in [0.25, 0.3) is 0 Å². The number of hydrogen-bond donors (Lipinski definition) is 0. The Labute approximate surface area is 130 Å². The number of rotatable bonds is 3. The van der Waals surface area contributed by atoms with Crippen LogP contribution in [0.2, 0.25) is 5.02 Å². The first-order valence-corrected chi connectivity index (χ1v) is 8.11. The molecule has 1 fully saturated rings. The number of benzene rings is 1. The minimum Gasteiger partial charge on any atom is -0.466 e. The molecular weight excluding hydrogens is 291 g/mol. The molecule has 0 saturated heterocycles. The van der Waals surface area contributed by atoms with E-state index < -0.39 is 0 Å². The highest BCUT2D eigenvalue weighted by Crippen LogP contribution is 2.35. The van der Waals surface area contributed by atoms with Crippen LogP contribution in [-0.2, 0) is 9.53 Å². The molecule has 2 atom stereocenters. The second kappa shape index (κ2) is 7.79. The Hall–Kier alpha value is -1.09. The van der Waals surface area contributed by atoms with Gasteiger partial charge in [0, 0.05) is 5.02 Å². The lowest BCUT2D eigenvalue weighted by Gasteiger charge is -2.24. The summed E-state index contributed by atoms with van der Waals surface area (Å²) in [6.07, 6.45) is 5.45. The fraction of sp³-hybridized carbons (Fsp3) is 0.588. The summed E-state index contributed by atoms with van der Waals surface area (Å²) in [7, 11) is 0. The lowest BCUT2D eigenvalue weighted by molar-refractivity contribution is -0.148. The zero-order valence-electron chi connectivity index (χ0n) is 12.4. The van der Waals surface area contributed by atoms with Crippen LogP contribution < -0.4 is 0 Å². The Balaban J connectivity index is 2.06. The zero-order valence-corrected chi connectivity index (χ0v) is 13.2. The van der Waals surface area contributed by atoms with Crippen molar-refractivity contribution < 1.29 is 13.9 Å². The highest BCUT2D eigenvalue weighted by Gasteiger charge is 2.25. The summed E-state index contributed by atoms with van der Waals surface area (Å²) in [5, 5.41) is 0.423. The largest absolute Gasteiger partial charge is 0.466 e. The second-order valence-electron chi connectivity index (χ2n) is 5.67. The Kier molecular flexibility index (Phi) is 6.04. The van der Waals surface area contributed by atoms with Crippen LogP contribution in [0.4, 0.5) is 4.39 Å². The molecule has 2 unspecified atom stereocenters. The molecule has 1 aromatic rings. The maximum atomic E-state index is 14.1. The monoisotopic (exact) mass is 312 g/mol. The normalized spacial score (nSPS) is 23.2. The summed E-state index contributed by atoms with van der Waals surface area (Å²) in [6, 6.07) is 4.89. The van der Waals surface area contributed by atoms with E-state index in [9.17, 15) is 9.18 Å². The number of carbonyl (C=O) groups is 1. The Bertz CT molecular complexity index is 490. The predicted octanol–water partition coefficient (Wildman–Crippen LogP) is 5.10. The van der Waals surface area contributed by atoms with Gasteiger partial charge in [-0.1, -0.05) is 30.5 Å². The third kappa shape index (κ3) is 4.44. The van der Waals surface area contributed by atoms with Crippen LogP contribution in [0.15, 0.2) is 18.2 Å². The molecule has 1 aromatic carbocycles. The van der Waals surface area contributed by atoms with Crippen molar-refractivity contribution in [2.45, 2.75) is 51.4 Å². The Morgan fingerprint density at radius 1 is 1.29 bits per heavy atom. The van der Waals surface area contributed by atoms with Crippen LogP contribution in [0.3, 0.4) is 0 Å². The minimum absolute atomic E-state index is 0.0388. The molecule has 0 bridgehead atoms. The van der Waals surface area contributed by atoms with Crippen molar-refractivity contribution in [3.05, 3.63) is 34.6 Å². The molecule has 0 amide bonds. The molecule has 1 aliphatic rings. The van der Waals surface area contributed by atoms with Gasteiger partial charge in [0.2, 0.25) is 0 Å². The van der Waals surface area contributed by atoms with Crippen molar-refractivity contribution in [1.82, 2.24) is 0 Å². The molecule has 0 heterocycles. The predicted molar refractivity (Wildman–Crippen MR) is 82.0 cm³/mol. The van der Waals surface area contributed by atoms with Gasteiger partial charge in [0.1, 0.15) is 5.82 Å². The molecule has 21 heavy (non-hydrogen) atoms. The second-order valence-corrected chi connectivity index (χ2v) is 6.11. The van der Waals surface area contributed by atoms with E-state index in [1.165, 1.54) is 6.07 Å². The van der Waals surface area contributed by atoms with Crippen molar-refractivity contribution in [1.29, 1.82) is 0 Å². The van der Waals surface area contributed by atoms with Crippen molar-refractivity contribution in [2.24, 2.45) is 5.92 Å². The van der Waals surface area contributed by atoms with Gasteiger partial charge in [0.15, 0.2) is 0 Å². The van der Waals surface area contributed by atoms with Crippen molar-refractivity contribution >= 4 is 17.6 Å². The molecule has 0 N–H and O–H groups in total. The van der Waals surface area contributed by atoms with E-state index in [4.69, 9.17) is 16.3 Å². The summed E-state index contributed by atoms with van der Waals surface area (Å²) >= 11 is 5.81. The molecule has 2 rings (SSSR count). The van der Waals surface area contributed by atoms with E-state index >= 15 is 0 Å². The van der Waals surface area contributed by atoms with Gasteiger partial charge in [0.05, 0.1) is 12.5 Å². The standard InChI is InChI=1S/C17H22ClFO2/c1-2-21-17(20)13-6-4-3-5-12(7-8-13)15-10-9-14(18)11-16(15)19/h9-13H,2-8H2,1H3. The topological polar surface area (TPSA) is 26.3 Å². The van der Waals surface area contributed by atoms with Crippen LogP contribution in [0.5, 0.6) is 0 Å². The van der Waals surface area contributed by atoms with E-state index in [-0.39, 0.29) is 23.6 Å². The smallest absolute Gasteiger partial charge is 0.308 e. The van der Waals surface area contributed by atoms with Crippen molar-refractivity contribution in [3.8, 4) is 0 Å². The van der Waals surface area contributed by atoms with Crippen LogP contribution in [0, 0.1) is 11.7 Å². The van der Waals surface area contributed by atoms with E-state index in [2.05, 4.69) is 0 Å². The minimum atomic E-state index is -0.235. The molecule has 2 nitrogen and oxygen atoms in total. The summed E-state index contributed by atoms with van der Waals surface area (Å²) in [5.74, 6) is -0.210. The number of esters is 1. The SMILES string of the molecule is CCOC(=O)C1CCCCC(c2ccc(Cl)cc2F)CC1. The van der Waals surface area contributed by atoms with Gasteiger partial charge in [-0.15, -0.1) is 0 Å². The maximum Gasteiger partial charge on any atom is 0.308 e. The van der Waals surface area contributed by atoms with Gasteiger partial charge in [-0.3, -0.25) is 4.79 Å². The summed E-state index contributed by atoms with van der Waals surface area (Å²) in [6.45, 7) is 2.25. The van der Waals surface area contributed by atoms with Crippen LogP contribution >= 0.6 is 11.6 Å². The van der Waals surface area contributed by atoms with Crippen LogP contribution in [0.1, 0.15) is 56.9 Å². The van der Waals surface area contributed by atoms with E-state index in [1.54, 1.807) is 12.1 Å². The van der Waals surface area contributed by atoms with E-state index in [0.29, 0.717) is 11.6 Å². The molecule has 4 heteroatoms. The van der Waals surface area contributed by atoms with Crippen LogP contribution in [-0.4, -0.2) is 12.6 Å². The molecule has 116 valence electrons. The average Bonchev–Trinajstić information content (AvgIpc) is 2.40. The highest BCUT2D eigenvalue weighted by molar-refractivity contribution is 6.30. The Morgan fingerprint density at radius 3 is 2.76 bits per heavy atom. The van der Waals surface area contributed by atoms with Gasteiger partial charge >= 0.3 is 5.97 Å². The van der Waals surface area contributed by atoms with Gasteiger partial charge in [-0.25, -0.2) is 4.39 Å². The quantitative estimate of drug-likeness (QED) is 0.726. The molecule has 1 aliphatic carbocycles. The highest BCUT2D eigenvalue weighted by atomic mass is 35.5. The first-order valence-electron chi connectivity index (χ1n) is 7.73. The fourth-order valence-electron chi connectivity index (χ4n) is 3.11. The van der Waals surface area contributed by atoms with E-state index in [1.807, 2.05) is 6.92 Å². The number of carbonyl (C=O) groups excluding carboxylic acids is 1. The molecule has 0 aliphatic heterocycles. The summed E-state index contributed by atoms with van der Waals surface area (Å²) in [4.78, 5) is 11.9. The average molecular weight is 313 g/mol. The first-order chi connectivity index (χ1) is 10.1. The molecule has 1 saturated carbocycles. The molecule has 0 radical (unpaired) electrons. The number of ether oxygens (including phenoxy) is 1. The summed E-state index contributed by atoms with van der Waals surface area (Å²) in [5.41, 5.74) is 0.726. The van der Waals surface area contributed by atoms with Gasteiger partial charge in [-0.2, -0.15) is 0 Å². The van der Waals surface area contributed by atoms with Gasteiger partial charge in [-0.05, 0) is 56.2 Å². The maximum absolute atomic E-state index is 14.1. The number of halogens is 2. The van der Waals surface area contributed by atoms with Gasteiger partial charge in [0.25, 0.3) is 0 Å². The lowest BCUT2D eigenvalue weighted by atomic mass is 9.82. The zero-order chi connectivity index (χ0) is 15.2. The molecular formula is C17H22ClFO2. The fourth-order valence-corrected chi connectivity index (χ4v) is 3.27. The molecule has 0 spiro atoms. The summed E-state index contributed by atoms with van der Waals surface area (Å²) < 4.78 is 19.2. The first kappa shape index (κ1) is 16.3. The van der Waals surface area contributed by atoms with Gasteiger partial charge < -0.3 is 4.74 Å². The van der Waals surface area contributed by atoms with Crippen molar-refractivity contribution in [3.63, 3.8) is 0 Å². The molecule has 0 aromatic heterocycles. The number of hydrogen-bond acceptors (Lipinski definition) is 2. The van der Waals surface area contributed by atoms with E-state index in [0.717, 1.165) is 44.1 Å². The van der Waals surface area contributed by atoms with Crippen molar-refractivity contribution in [2.75, 3.05) is 6.61 Å².